The van der Waals surface area contributed by atoms with Crippen LogP contribution in [-0.2, 0) is 6.67 Å². The van der Waals surface area contributed by atoms with E-state index in [2.05, 4.69) is 0 Å². The van der Waals surface area contributed by atoms with Gasteiger partial charge in [0.15, 0.2) is 23.3 Å². The molecular formula is C33H2Cl16N8. The van der Waals surface area contributed by atoms with Crippen molar-refractivity contribution in [2.75, 3.05) is 0 Å². The van der Waals surface area contributed by atoms with Crippen molar-refractivity contribution in [1.82, 2.24) is 9.13 Å². The van der Waals surface area contributed by atoms with Crippen LogP contribution in [0.5, 0.6) is 0 Å². The Morgan fingerprint density at radius 1 is 0.263 bits per heavy atom. The van der Waals surface area contributed by atoms with Gasteiger partial charge in [0, 0.05) is 0 Å². The van der Waals surface area contributed by atoms with Gasteiger partial charge in [0.2, 0.25) is 0 Å². The number of amidine groups is 4. The summed E-state index contributed by atoms with van der Waals surface area (Å²) in [6.45, 7) is -0.234. The molecule has 0 atom stereocenters. The number of hydrogen-bond acceptors (Lipinski definition) is 6. The van der Waals surface area contributed by atoms with Crippen LogP contribution in [0.2, 0.25) is 80.4 Å². The average Bonchev–Trinajstić information content (AvgIpc) is 3.90. The van der Waals surface area contributed by atoms with Gasteiger partial charge < -0.3 is 0 Å². The quantitative estimate of drug-likeness (QED) is 0.107. The largest absolute Gasteiger partial charge is 0.291 e. The van der Waals surface area contributed by atoms with E-state index in [4.69, 9.17) is 216 Å². The van der Waals surface area contributed by atoms with Crippen molar-refractivity contribution in [1.29, 1.82) is 0 Å². The number of fused-ring (bicyclic) bond motifs is 14. The van der Waals surface area contributed by atoms with Gasteiger partial charge in [0.1, 0.15) is 29.3 Å². The van der Waals surface area contributed by atoms with Gasteiger partial charge in [-0.3, -0.25) is 9.13 Å². The Kier molecular flexibility index (Phi) is 9.60. The molecule has 24 heteroatoms. The Balaban J connectivity index is 1.55. The standard InChI is InChI=1S/C33H2Cl16N8/c34-10-2-3(11(35)19(43)18(10)42)27-50-26(2)52-30-6-7(15(39)23(47)22(46)14(6)38)32-54-28-4-5(13(37)21(45)20(44)12(4)36)29(51-28)55-33-9-8(16(40)24(48)25(49)17(9)41)31(53-27)57(33)1-56(30)32/h1H2. The number of rotatable bonds is 0. The molecule has 6 aromatic rings. The van der Waals surface area contributed by atoms with E-state index in [9.17, 15) is 0 Å². The lowest BCUT2D eigenvalue weighted by molar-refractivity contribution is 0.584. The molecule has 0 spiro atoms. The van der Waals surface area contributed by atoms with E-state index >= 15 is 0 Å². The van der Waals surface area contributed by atoms with Crippen LogP contribution in [0.1, 0.15) is 22.3 Å². The lowest BCUT2D eigenvalue weighted by Crippen LogP contribution is -2.32. The Morgan fingerprint density at radius 2 is 0.526 bits per heavy atom. The van der Waals surface area contributed by atoms with Crippen molar-refractivity contribution in [2.24, 2.45) is 30.0 Å². The van der Waals surface area contributed by atoms with Gasteiger partial charge in [-0.25, -0.2) is 30.0 Å². The summed E-state index contributed by atoms with van der Waals surface area (Å²) in [6.07, 6.45) is 0. The van der Waals surface area contributed by atoms with Gasteiger partial charge in [-0.1, -0.05) is 186 Å². The summed E-state index contributed by atoms with van der Waals surface area (Å²) in [4.78, 5) is 29.7. The number of aliphatic imine (C=N–C) groups is 4. The molecule has 0 amide bonds. The molecule has 4 aliphatic rings. The molecule has 0 saturated carbocycles. The second kappa shape index (κ2) is 13.7. The molecule has 286 valence electrons. The van der Waals surface area contributed by atoms with Crippen molar-refractivity contribution < 1.29 is 0 Å². The fourth-order valence-corrected chi connectivity index (χ4v) is 11.1. The maximum atomic E-state index is 7.05. The lowest BCUT2D eigenvalue weighted by atomic mass is 10.1. The first kappa shape index (κ1) is 40.0. The van der Waals surface area contributed by atoms with Crippen molar-refractivity contribution in [3.8, 4) is 0 Å². The first-order chi connectivity index (χ1) is 27.0. The molecule has 6 bridgehead atoms. The van der Waals surface area contributed by atoms with Crippen LogP contribution < -0.4 is 11.0 Å². The fraction of sp³-hybridized carbons (Fsp3) is 0.0303. The minimum atomic E-state index is -0.234. The molecule has 8 nitrogen and oxygen atoms in total. The molecule has 0 aliphatic carbocycles. The van der Waals surface area contributed by atoms with Crippen LogP contribution >= 0.6 is 186 Å². The predicted octanol–water partition coefficient (Wildman–Crippen LogP) is 15.5. The summed E-state index contributed by atoms with van der Waals surface area (Å²) in [7, 11) is 0. The maximum absolute atomic E-state index is 7.05. The zero-order valence-corrected chi connectivity index (χ0v) is 38.4. The second-order valence-corrected chi connectivity index (χ2v) is 18.3. The second-order valence-electron chi connectivity index (χ2n) is 12.3. The average molecular weight is 1080 g/mol. The highest BCUT2D eigenvalue weighted by Gasteiger charge is 2.38. The van der Waals surface area contributed by atoms with Crippen LogP contribution in [0, 0.1) is 0 Å². The van der Waals surface area contributed by atoms with Gasteiger partial charge in [-0.15, -0.1) is 0 Å². The van der Waals surface area contributed by atoms with E-state index in [1.54, 1.807) is 9.13 Å². The Morgan fingerprint density at radius 3 is 0.842 bits per heavy atom. The smallest absolute Gasteiger partial charge is 0.166 e. The van der Waals surface area contributed by atoms with Gasteiger partial charge in [0.25, 0.3) is 0 Å². The summed E-state index contributed by atoms with van der Waals surface area (Å²) in [5.41, 5.74) is 0.902. The van der Waals surface area contributed by atoms with E-state index in [-0.39, 0.29) is 177 Å². The van der Waals surface area contributed by atoms with Crippen molar-refractivity contribution in [3.63, 3.8) is 0 Å². The molecule has 2 aromatic heterocycles. The van der Waals surface area contributed by atoms with Crippen LogP contribution in [-0.4, -0.2) is 32.5 Å². The molecule has 0 fully saturated rings. The Labute approximate surface area is 397 Å². The summed E-state index contributed by atoms with van der Waals surface area (Å²) >= 11 is 109. The van der Waals surface area contributed by atoms with E-state index in [0.29, 0.717) is 0 Å². The van der Waals surface area contributed by atoms with Crippen LogP contribution in [0.15, 0.2) is 30.0 Å². The Hall–Kier alpha value is -1.12. The minimum absolute atomic E-state index is 0.0124. The molecule has 0 N–H and O–H groups in total. The zero-order chi connectivity index (χ0) is 40.6. The van der Waals surface area contributed by atoms with Crippen LogP contribution in [0.3, 0.4) is 0 Å². The summed E-state index contributed by atoms with van der Waals surface area (Å²) in [6, 6.07) is 0. The number of halogens is 16. The van der Waals surface area contributed by atoms with Crippen LogP contribution in [0.25, 0.3) is 21.5 Å². The molecule has 10 rings (SSSR count). The van der Waals surface area contributed by atoms with Gasteiger partial charge in [-0.2, -0.15) is 0 Å². The van der Waals surface area contributed by atoms with Crippen molar-refractivity contribution in [2.45, 2.75) is 6.67 Å². The molecule has 0 radical (unpaired) electrons. The molecule has 4 aliphatic heterocycles. The van der Waals surface area contributed by atoms with E-state index < -0.39 is 0 Å². The number of benzene rings is 4. The minimum Gasteiger partial charge on any atom is -0.291 e. The molecule has 6 heterocycles. The zero-order valence-electron chi connectivity index (χ0n) is 26.3. The highest BCUT2D eigenvalue weighted by atomic mass is 35.5. The summed E-state index contributed by atoms with van der Waals surface area (Å²) < 4.78 is 3.21. The predicted molar refractivity (Wildman–Crippen MR) is 240 cm³/mol. The highest BCUT2D eigenvalue weighted by molar-refractivity contribution is 6.59. The van der Waals surface area contributed by atoms with E-state index in [1.165, 1.54) is 0 Å². The maximum Gasteiger partial charge on any atom is 0.166 e. The van der Waals surface area contributed by atoms with Gasteiger partial charge in [0.05, 0.1) is 124 Å². The number of hydrogen-bond donors (Lipinski definition) is 0. The molecule has 0 unspecified atom stereocenters. The third-order valence-electron chi connectivity index (χ3n) is 9.43. The normalized spacial score (nSPS) is 14.9. The molecule has 57 heavy (non-hydrogen) atoms. The summed E-state index contributed by atoms with van der Waals surface area (Å²) in [5.74, 6) is 0.127. The topological polar surface area (TPSA) is 84.0 Å². The molecule has 4 aromatic carbocycles. The van der Waals surface area contributed by atoms with Gasteiger partial charge >= 0.3 is 0 Å². The molecule has 0 saturated heterocycles. The SMILES string of the molecule is Clc1c(Cl)c(Cl)c2c(c1Cl)C1=NC2=Nc2c3c(Cl)c(Cl)c(Cl)c(Cl)c3c3n2Cn2c(c4c(Cl)c(Cl)c(Cl)c(Cl)c4c2=NC2=NC(=N3)c3c(Cl)c(Cl)c(Cl)c(Cl)c32)=N1. The number of aromatic nitrogens is 2. The fourth-order valence-electron chi connectivity index (χ4n) is 6.97. The van der Waals surface area contributed by atoms with Gasteiger partial charge in [-0.05, 0) is 0 Å². The first-order valence-corrected chi connectivity index (χ1v) is 21.3. The van der Waals surface area contributed by atoms with Crippen molar-refractivity contribution in [3.05, 3.63) is 114 Å². The monoisotopic (exact) mass is 1070 g/mol. The highest BCUT2D eigenvalue weighted by Crippen LogP contribution is 2.54. The first-order valence-electron chi connectivity index (χ1n) is 15.2. The Bertz CT molecular complexity index is 3130. The van der Waals surface area contributed by atoms with Crippen LogP contribution in [0.4, 0.5) is 11.6 Å². The third-order valence-corrected chi connectivity index (χ3v) is 16.6. The van der Waals surface area contributed by atoms with Crippen molar-refractivity contribution >= 4 is 242 Å². The van der Waals surface area contributed by atoms with E-state index in [0.717, 1.165) is 0 Å². The third kappa shape index (κ3) is 5.26. The van der Waals surface area contributed by atoms with E-state index in [1.807, 2.05) is 0 Å². The summed E-state index contributed by atoms with van der Waals surface area (Å²) in [5, 5.41) is -0.145. The molecular weight excluding hydrogens is 1080 g/mol. The lowest BCUT2D eigenvalue weighted by Gasteiger charge is -2.13. The number of nitrogens with zero attached hydrogens (tertiary/aromatic N) is 8.